The number of carbonyl (C=O) groups excluding carboxylic acids is 1. The quantitative estimate of drug-likeness (QED) is 0.733. The number of benzene rings is 1. The molecule has 1 aliphatic rings. The molecule has 1 heterocycles. The Labute approximate surface area is 153 Å². The first-order valence-electron chi connectivity index (χ1n) is 8.29. The van der Waals surface area contributed by atoms with Crippen molar-refractivity contribution in [3.05, 3.63) is 18.2 Å². The highest BCUT2D eigenvalue weighted by molar-refractivity contribution is 7.99. The summed E-state index contributed by atoms with van der Waals surface area (Å²) in [6.07, 6.45) is -2.65. The number of imidazole rings is 1. The number of alkyl halides is 3. The van der Waals surface area contributed by atoms with Crippen LogP contribution in [-0.4, -0.2) is 52.4 Å². The van der Waals surface area contributed by atoms with Gasteiger partial charge in [0.25, 0.3) is 0 Å². The molecule has 9 heteroatoms. The van der Waals surface area contributed by atoms with Crippen LogP contribution in [-0.2, 0) is 4.79 Å². The van der Waals surface area contributed by atoms with Gasteiger partial charge in [0.1, 0.15) is 12.3 Å². The van der Waals surface area contributed by atoms with Crippen LogP contribution >= 0.6 is 11.8 Å². The SMILES string of the molecule is COc1ccc2nc(SCC(=O)N(CC(F)(F)F)C(C)C3CC3)[nH]c2c1. The number of halogens is 3. The van der Waals surface area contributed by atoms with Crippen molar-refractivity contribution in [2.45, 2.75) is 37.1 Å². The van der Waals surface area contributed by atoms with Crippen LogP contribution in [0.3, 0.4) is 0 Å². The number of amides is 1. The minimum absolute atomic E-state index is 0.0932. The van der Waals surface area contributed by atoms with Gasteiger partial charge in [-0.25, -0.2) is 4.98 Å². The van der Waals surface area contributed by atoms with Crippen LogP contribution < -0.4 is 4.74 Å². The molecule has 1 amide bonds. The first-order valence-corrected chi connectivity index (χ1v) is 9.28. The molecule has 0 radical (unpaired) electrons. The van der Waals surface area contributed by atoms with Crippen molar-refractivity contribution in [1.82, 2.24) is 14.9 Å². The van der Waals surface area contributed by atoms with E-state index in [0.717, 1.165) is 35.0 Å². The minimum atomic E-state index is -4.40. The summed E-state index contributed by atoms with van der Waals surface area (Å²) in [6, 6.07) is 4.93. The molecular formula is C17H20F3N3O2S. The number of thioether (sulfide) groups is 1. The molecule has 2 aromatic rings. The Morgan fingerprint density at radius 2 is 2.19 bits per heavy atom. The number of aromatic amines is 1. The normalized spacial score (nSPS) is 15.9. The van der Waals surface area contributed by atoms with Gasteiger partial charge in [0, 0.05) is 12.1 Å². The Morgan fingerprint density at radius 1 is 1.46 bits per heavy atom. The predicted octanol–water partition coefficient (Wildman–Crippen LogP) is 3.85. The molecule has 1 N–H and O–H groups in total. The number of fused-ring (bicyclic) bond motifs is 1. The second-order valence-corrected chi connectivity index (χ2v) is 7.39. The third-order valence-corrected chi connectivity index (χ3v) is 5.32. The summed E-state index contributed by atoms with van der Waals surface area (Å²) in [5.74, 6) is 0.225. The average molecular weight is 387 g/mol. The summed E-state index contributed by atoms with van der Waals surface area (Å²) >= 11 is 1.11. The second kappa shape index (κ2) is 7.38. The predicted molar refractivity (Wildman–Crippen MR) is 93.3 cm³/mol. The summed E-state index contributed by atoms with van der Waals surface area (Å²) in [6.45, 7) is 0.487. The van der Waals surface area contributed by atoms with Gasteiger partial charge in [-0.2, -0.15) is 13.2 Å². The molecule has 1 aromatic heterocycles. The maximum Gasteiger partial charge on any atom is 0.406 e. The Bertz CT molecular complexity index is 789. The number of rotatable bonds is 7. The number of methoxy groups -OCH3 is 1. The molecule has 0 spiro atoms. The molecule has 142 valence electrons. The van der Waals surface area contributed by atoms with Crippen molar-refractivity contribution in [3.8, 4) is 5.75 Å². The Hall–Kier alpha value is -1.90. The molecule has 0 saturated heterocycles. The average Bonchev–Trinajstić information content (AvgIpc) is 3.35. The van der Waals surface area contributed by atoms with Crippen LogP contribution in [0.1, 0.15) is 19.8 Å². The number of ether oxygens (including phenoxy) is 1. The van der Waals surface area contributed by atoms with E-state index < -0.39 is 24.7 Å². The van der Waals surface area contributed by atoms with Crippen LogP contribution in [0.4, 0.5) is 13.2 Å². The van der Waals surface area contributed by atoms with Gasteiger partial charge in [-0.1, -0.05) is 11.8 Å². The van der Waals surface area contributed by atoms with Crippen LogP contribution in [0.25, 0.3) is 11.0 Å². The van der Waals surface area contributed by atoms with E-state index in [1.54, 1.807) is 32.2 Å². The van der Waals surface area contributed by atoms with E-state index in [9.17, 15) is 18.0 Å². The maximum absolute atomic E-state index is 12.9. The number of hydrogen-bond acceptors (Lipinski definition) is 4. The van der Waals surface area contributed by atoms with Gasteiger partial charge in [-0.15, -0.1) is 0 Å². The monoisotopic (exact) mass is 387 g/mol. The maximum atomic E-state index is 12.9. The highest BCUT2D eigenvalue weighted by atomic mass is 32.2. The molecular weight excluding hydrogens is 367 g/mol. The van der Waals surface area contributed by atoms with E-state index in [1.807, 2.05) is 0 Å². The fourth-order valence-corrected chi connectivity index (χ4v) is 3.63. The highest BCUT2D eigenvalue weighted by Gasteiger charge is 2.40. The molecule has 0 bridgehead atoms. The number of hydrogen-bond donors (Lipinski definition) is 1. The van der Waals surface area contributed by atoms with E-state index in [4.69, 9.17) is 4.74 Å². The molecule has 1 aliphatic carbocycles. The lowest BCUT2D eigenvalue weighted by Crippen LogP contribution is -2.46. The molecule has 3 rings (SSSR count). The molecule has 0 aliphatic heterocycles. The van der Waals surface area contributed by atoms with E-state index in [-0.39, 0.29) is 11.7 Å². The van der Waals surface area contributed by atoms with Crippen molar-refractivity contribution < 1.29 is 22.7 Å². The molecule has 26 heavy (non-hydrogen) atoms. The first-order chi connectivity index (χ1) is 12.3. The number of nitrogens with one attached hydrogen (secondary N) is 1. The third kappa shape index (κ3) is 4.63. The van der Waals surface area contributed by atoms with Gasteiger partial charge in [-0.3, -0.25) is 4.79 Å². The smallest absolute Gasteiger partial charge is 0.406 e. The number of aromatic nitrogens is 2. The topological polar surface area (TPSA) is 58.2 Å². The lowest BCUT2D eigenvalue weighted by Gasteiger charge is -2.30. The largest absolute Gasteiger partial charge is 0.497 e. The molecule has 1 saturated carbocycles. The molecule has 1 aromatic carbocycles. The second-order valence-electron chi connectivity index (χ2n) is 6.43. The highest BCUT2D eigenvalue weighted by Crippen LogP contribution is 2.36. The van der Waals surface area contributed by atoms with Crippen LogP contribution in [0.15, 0.2) is 23.4 Å². The van der Waals surface area contributed by atoms with E-state index >= 15 is 0 Å². The Balaban J connectivity index is 1.67. The van der Waals surface area contributed by atoms with E-state index in [0.29, 0.717) is 16.4 Å². The van der Waals surface area contributed by atoms with Gasteiger partial charge in [-0.05, 0) is 37.8 Å². The standard InChI is InChI=1S/C17H20F3N3O2S/c1-10(11-3-4-11)23(9-17(18,19)20)15(24)8-26-16-21-13-6-5-12(25-2)7-14(13)22-16/h5-7,10-11H,3-4,8-9H2,1-2H3,(H,21,22). The van der Waals surface area contributed by atoms with Crippen LogP contribution in [0.2, 0.25) is 0 Å². The number of H-pyrrole nitrogens is 1. The zero-order valence-corrected chi connectivity index (χ0v) is 15.3. The first kappa shape index (κ1) is 18.9. The van der Waals surface area contributed by atoms with Crippen LogP contribution in [0, 0.1) is 5.92 Å². The van der Waals surface area contributed by atoms with Gasteiger partial charge in [0.2, 0.25) is 5.91 Å². The molecule has 1 fully saturated rings. The lowest BCUT2D eigenvalue weighted by atomic mass is 10.2. The number of nitrogens with zero attached hydrogens (tertiary/aromatic N) is 2. The fourth-order valence-electron chi connectivity index (χ4n) is 2.86. The molecule has 1 unspecified atom stereocenters. The Kier molecular flexibility index (Phi) is 5.36. The summed E-state index contributed by atoms with van der Waals surface area (Å²) in [5.41, 5.74) is 1.46. The van der Waals surface area contributed by atoms with Crippen LogP contribution in [0.5, 0.6) is 5.75 Å². The summed E-state index contributed by atoms with van der Waals surface area (Å²) in [7, 11) is 1.56. The van der Waals surface area contributed by atoms with E-state index in [2.05, 4.69) is 9.97 Å². The van der Waals surface area contributed by atoms with Crippen molar-refractivity contribution in [2.75, 3.05) is 19.4 Å². The minimum Gasteiger partial charge on any atom is -0.497 e. The summed E-state index contributed by atoms with van der Waals surface area (Å²) in [4.78, 5) is 20.8. The van der Waals surface area contributed by atoms with Gasteiger partial charge in [0.05, 0.1) is 23.9 Å². The molecule has 1 atom stereocenters. The van der Waals surface area contributed by atoms with E-state index in [1.165, 1.54) is 0 Å². The molecule has 5 nitrogen and oxygen atoms in total. The summed E-state index contributed by atoms with van der Waals surface area (Å²) < 4.78 is 43.7. The number of carbonyl (C=O) groups is 1. The lowest BCUT2D eigenvalue weighted by molar-refractivity contribution is -0.164. The van der Waals surface area contributed by atoms with Crippen molar-refractivity contribution >= 4 is 28.7 Å². The van der Waals surface area contributed by atoms with Crippen molar-refractivity contribution in [1.29, 1.82) is 0 Å². The van der Waals surface area contributed by atoms with Gasteiger partial charge in [0.15, 0.2) is 5.16 Å². The Morgan fingerprint density at radius 3 is 2.81 bits per heavy atom. The van der Waals surface area contributed by atoms with Crippen molar-refractivity contribution in [3.63, 3.8) is 0 Å². The third-order valence-electron chi connectivity index (χ3n) is 4.47. The summed E-state index contributed by atoms with van der Waals surface area (Å²) in [5, 5.41) is 0.493. The zero-order valence-electron chi connectivity index (χ0n) is 14.5. The van der Waals surface area contributed by atoms with Crippen molar-refractivity contribution in [2.24, 2.45) is 5.92 Å². The van der Waals surface area contributed by atoms with Gasteiger partial charge < -0.3 is 14.6 Å². The van der Waals surface area contributed by atoms with Gasteiger partial charge >= 0.3 is 6.18 Å². The fraction of sp³-hybridized carbons (Fsp3) is 0.529. The zero-order chi connectivity index (χ0) is 18.9.